The molecule has 2 aromatic carbocycles. The maximum Gasteiger partial charge on any atom is 0.271 e. The van der Waals surface area contributed by atoms with Crippen LogP contribution in [0.1, 0.15) is 52.9 Å². The third-order valence-electron chi connectivity index (χ3n) is 6.64. The van der Waals surface area contributed by atoms with Gasteiger partial charge in [0.1, 0.15) is 16.4 Å². The molecule has 2 amide bonds. The Morgan fingerprint density at radius 2 is 2.03 bits per heavy atom. The molecule has 0 bridgehead atoms. The number of amidine groups is 1. The van der Waals surface area contributed by atoms with Crippen molar-refractivity contribution in [1.29, 1.82) is 0 Å². The second-order valence-electron chi connectivity index (χ2n) is 9.24. The van der Waals surface area contributed by atoms with Crippen molar-refractivity contribution in [3.05, 3.63) is 75.1 Å². The molecule has 0 aliphatic carbocycles. The Morgan fingerprint density at radius 1 is 1.24 bits per heavy atom. The Kier molecular flexibility index (Phi) is 6.81. The molecule has 1 fully saturated rings. The summed E-state index contributed by atoms with van der Waals surface area (Å²) in [4.78, 5) is 43.0. The van der Waals surface area contributed by atoms with Gasteiger partial charge in [0, 0.05) is 35.9 Å². The molecule has 37 heavy (non-hydrogen) atoms. The normalized spacial score (nSPS) is 18.0. The molecule has 6 N–H and O–H groups in total. The molecule has 0 spiro atoms. The Hall–Kier alpha value is -3.96. The Bertz CT molecular complexity index is 1430. The third-order valence-corrected chi connectivity index (χ3v) is 7.44. The molecule has 0 saturated carbocycles. The van der Waals surface area contributed by atoms with Crippen molar-refractivity contribution in [2.24, 2.45) is 10.7 Å². The topological polar surface area (TPSA) is 153 Å². The highest BCUT2D eigenvalue weighted by Crippen LogP contribution is 2.32. The van der Waals surface area contributed by atoms with Crippen LogP contribution in [0, 0.1) is 0 Å². The van der Waals surface area contributed by atoms with Gasteiger partial charge < -0.3 is 26.4 Å². The van der Waals surface area contributed by atoms with Crippen LogP contribution >= 0.6 is 11.5 Å². The predicted octanol–water partition coefficient (Wildman–Crippen LogP) is 2.42. The number of aliphatic hydroxyl groups is 1. The van der Waals surface area contributed by atoms with E-state index in [1.165, 1.54) is 0 Å². The number of carbonyl (C=O) groups excluding carboxylic acids is 2. The standard InChI is InChI=1S/C26H28N6O4S/c1-14(33)16-4-8-20-17(12-16)10-11-32(20)26(36)15-2-5-18(6-3-15)30-25-22(24(35)31-37-25)23(27)28-13-19-7-9-21(34)29-19/h2-6,8,12,14,19,30,33H,7,9-11,13H2,1H3,(H2,27,28)(H,29,34)(H,31,35). The number of H-pyrrole nitrogens is 1. The molecule has 3 aromatic rings. The molecule has 2 aliphatic rings. The Morgan fingerprint density at radius 3 is 2.73 bits per heavy atom. The van der Waals surface area contributed by atoms with Gasteiger partial charge in [-0.1, -0.05) is 12.1 Å². The van der Waals surface area contributed by atoms with Gasteiger partial charge in [-0.05, 0) is 72.8 Å². The molecule has 11 heteroatoms. The van der Waals surface area contributed by atoms with Gasteiger partial charge in [0.15, 0.2) is 0 Å². The predicted molar refractivity (Wildman–Crippen MR) is 144 cm³/mol. The highest BCUT2D eigenvalue weighted by molar-refractivity contribution is 7.10. The summed E-state index contributed by atoms with van der Waals surface area (Å²) in [6, 6.07) is 12.6. The van der Waals surface area contributed by atoms with Crippen LogP contribution in [0.2, 0.25) is 0 Å². The summed E-state index contributed by atoms with van der Waals surface area (Å²) in [7, 11) is 0. The van der Waals surface area contributed by atoms with Crippen LogP contribution in [0.3, 0.4) is 0 Å². The van der Waals surface area contributed by atoms with Crippen molar-refractivity contribution < 1.29 is 14.7 Å². The fourth-order valence-electron chi connectivity index (χ4n) is 4.60. The zero-order chi connectivity index (χ0) is 26.1. The second-order valence-corrected chi connectivity index (χ2v) is 10.1. The number of aliphatic hydroxyl groups excluding tert-OH is 1. The average molecular weight is 521 g/mol. The van der Waals surface area contributed by atoms with Crippen molar-refractivity contribution in [3.8, 4) is 0 Å². The van der Waals surface area contributed by atoms with E-state index in [-0.39, 0.29) is 34.8 Å². The van der Waals surface area contributed by atoms with E-state index in [0.717, 1.165) is 34.8 Å². The van der Waals surface area contributed by atoms with E-state index >= 15 is 0 Å². The number of carbonyl (C=O) groups is 2. The van der Waals surface area contributed by atoms with Crippen LogP contribution in [0.15, 0.2) is 52.3 Å². The summed E-state index contributed by atoms with van der Waals surface area (Å²) in [5.74, 6) is -0.00212. The lowest BCUT2D eigenvalue weighted by Crippen LogP contribution is -2.30. The zero-order valence-electron chi connectivity index (χ0n) is 20.3. The number of hydrogen-bond acceptors (Lipinski definition) is 7. The van der Waals surface area contributed by atoms with Crippen LogP contribution < -0.4 is 26.8 Å². The molecule has 2 unspecified atom stereocenters. The number of hydrogen-bond donors (Lipinski definition) is 5. The zero-order valence-corrected chi connectivity index (χ0v) is 21.1. The van der Waals surface area contributed by atoms with Crippen molar-refractivity contribution >= 4 is 45.6 Å². The van der Waals surface area contributed by atoms with E-state index in [2.05, 4.69) is 20.0 Å². The van der Waals surface area contributed by atoms with Gasteiger partial charge >= 0.3 is 0 Å². The van der Waals surface area contributed by atoms with Gasteiger partial charge in [-0.3, -0.25) is 23.7 Å². The fourth-order valence-corrected chi connectivity index (χ4v) is 5.37. The molecule has 0 radical (unpaired) electrons. The van der Waals surface area contributed by atoms with Crippen molar-refractivity contribution in [1.82, 2.24) is 9.69 Å². The maximum atomic E-state index is 13.2. The van der Waals surface area contributed by atoms with Gasteiger partial charge in [-0.25, -0.2) is 0 Å². The van der Waals surface area contributed by atoms with Gasteiger partial charge in [-0.2, -0.15) is 0 Å². The van der Waals surface area contributed by atoms with Crippen LogP contribution in [0.4, 0.5) is 16.4 Å². The number of amides is 2. The van der Waals surface area contributed by atoms with E-state index in [1.54, 1.807) is 36.1 Å². The molecule has 1 saturated heterocycles. The van der Waals surface area contributed by atoms with Gasteiger partial charge in [0.25, 0.3) is 11.5 Å². The number of nitrogens with one attached hydrogen (secondary N) is 3. The Labute approximate surface area is 217 Å². The number of nitrogens with two attached hydrogens (primary N) is 1. The molecule has 2 atom stereocenters. The minimum absolute atomic E-state index is 0.00385. The summed E-state index contributed by atoms with van der Waals surface area (Å²) < 4.78 is 2.68. The first-order valence-corrected chi connectivity index (χ1v) is 12.9. The summed E-state index contributed by atoms with van der Waals surface area (Å²) in [5, 5.41) is 16.4. The first kappa shape index (κ1) is 24.7. The van der Waals surface area contributed by atoms with Gasteiger partial charge in [0.05, 0.1) is 12.6 Å². The van der Waals surface area contributed by atoms with Crippen LogP contribution in [0.25, 0.3) is 0 Å². The highest BCUT2D eigenvalue weighted by Gasteiger charge is 2.26. The van der Waals surface area contributed by atoms with Crippen molar-refractivity contribution in [2.75, 3.05) is 23.3 Å². The first-order valence-electron chi connectivity index (χ1n) is 12.1. The lowest BCUT2D eigenvalue weighted by molar-refractivity contribution is -0.119. The number of benzene rings is 2. The lowest BCUT2D eigenvalue weighted by atomic mass is 10.1. The third kappa shape index (κ3) is 5.13. The number of aromatic amines is 1. The molecule has 10 nitrogen and oxygen atoms in total. The average Bonchev–Trinajstić information content (AvgIpc) is 3.60. The summed E-state index contributed by atoms with van der Waals surface area (Å²) in [6.45, 7) is 2.62. The molecule has 1 aromatic heterocycles. The minimum atomic E-state index is -0.550. The number of nitrogens with zero attached hydrogens (tertiary/aromatic N) is 2. The largest absolute Gasteiger partial charge is 0.389 e. The smallest absolute Gasteiger partial charge is 0.271 e. The molecule has 192 valence electrons. The lowest BCUT2D eigenvalue weighted by Gasteiger charge is -2.18. The van der Waals surface area contributed by atoms with Gasteiger partial charge in [0.2, 0.25) is 5.91 Å². The molecular weight excluding hydrogens is 492 g/mol. The van der Waals surface area contributed by atoms with Gasteiger partial charge in [-0.15, -0.1) is 0 Å². The van der Waals surface area contributed by atoms with E-state index < -0.39 is 6.10 Å². The summed E-state index contributed by atoms with van der Waals surface area (Å²) in [6.07, 6.45) is 1.36. The highest BCUT2D eigenvalue weighted by atomic mass is 32.1. The quantitative estimate of drug-likeness (QED) is 0.238. The van der Waals surface area contributed by atoms with E-state index in [4.69, 9.17) is 5.73 Å². The molecule has 5 rings (SSSR count). The monoisotopic (exact) mass is 520 g/mol. The van der Waals surface area contributed by atoms with Crippen LogP contribution in [-0.4, -0.2) is 46.3 Å². The van der Waals surface area contributed by atoms with E-state index in [0.29, 0.717) is 42.2 Å². The number of fused-ring (bicyclic) bond motifs is 1. The molecule has 2 aliphatic heterocycles. The second kappa shape index (κ2) is 10.2. The van der Waals surface area contributed by atoms with E-state index in [1.807, 2.05) is 18.2 Å². The van der Waals surface area contributed by atoms with Crippen LogP contribution in [-0.2, 0) is 11.2 Å². The maximum absolute atomic E-state index is 13.2. The summed E-state index contributed by atoms with van der Waals surface area (Å²) >= 11 is 1.11. The number of aromatic nitrogens is 1. The molecule has 3 heterocycles. The SMILES string of the molecule is CC(O)c1ccc2c(c1)CCN2C(=O)c1ccc(Nc2s[nH]c(=O)c2C(N)=NCC2CCC(=O)N2)cc1. The van der Waals surface area contributed by atoms with Crippen molar-refractivity contribution in [3.63, 3.8) is 0 Å². The number of anilines is 3. The fraction of sp³-hybridized carbons (Fsp3) is 0.308. The first-order chi connectivity index (χ1) is 17.8. The minimum Gasteiger partial charge on any atom is -0.389 e. The van der Waals surface area contributed by atoms with Crippen molar-refractivity contribution in [2.45, 2.75) is 38.3 Å². The van der Waals surface area contributed by atoms with Crippen LogP contribution in [0.5, 0.6) is 0 Å². The number of aliphatic imine (C=N–C) groups is 1. The summed E-state index contributed by atoms with van der Waals surface area (Å²) in [5.41, 5.74) is 10.0. The molecular formula is C26H28N6O4S. The van der Waals surface area contributed by atoms with E-state index in [9.17, 15) is 19.5 Å². The number of rotatable bonds is 7. The Balaban J connectivity index is 1.28.